The molecular formula is C28H42N4O7. The summed E-state index contributed by atoms with van der Waals surface area (Å²) < 4.78 is 10.2. The molecule has 2 rings (SSSR count). The Kier molecular flexibility index (Phi) is 10.9. The van der Waals surface area contributed by atoms with Crippen LogP contribution in [-0.2, 0) is 28.7 Å². The highest BCUT2D eigenvalue weighted by atomic mass is 16.6. The van der Waals surface area contributed by atoms with Gasteiger partial charge in [0.1, 0.15) is 17.7 Å². The largest absolute Gasteiger partial charge is 0.466 e. The van der Waals surface area contributed by atoms with E-state index < -0.39 is 53.9 Å². The summed E-state index contributed by atoms with van der Waals surface area (Å²) >= 11 is 0. The number of nitrogens with two attached hydrogens (primary N) is 1. The van der Waals surface area contributed by atoms with Crippen LogP contribution in [0.15, 0.2) is 18.2 Å². The van der Waals surface area contributed by atoms with Crippen LogP contribution in [0.3, 0.4) is 0 Å². The number of hydrogen-bond acceptors (Lipinski definition) is 7. The molecule has 0 bridgehead atoms. The molecule has 0 heterocycles. The van der Waals surface area contributed by atoms with Crippen molar-refractivity contribution >= 4 is 29.8 Å². The van der Waals surface area contributed by atoms with Gasteiger partial charge in [0.2, 0.25) is 17.7 Å². The van der Waals surface area contributed by atoms with E-state index in [0.29, 0.717) is 12.0 Å². The summed E-state index contributed by atoms with van der Waals surface area (Å²) in [6.45, 7) is 12.6. The predicted octanol–water partition coefficient (Wildman–Crippen LogP) is 2.42. The van der Waals surface area contributed by atoms with Crippen LogP contribution in [0.5, 0.6) is 0 Å². The van der Waals surface area contributed by atoms with Crippen LogP contribution < -0.4 is 16.4 Å². The lowest BCUT2D eigenvalue weighted by Crippen LogP contribution is -2.55. The Balaban J connectivity index is 2.49. The lowest BCUT2D eigenvalue weighted by Gasteiger charge is -2.35. The van der Waals surface area contributed by atoms with Gasteiger partial charge in [0, 0.05) is 12.6 Å². The molecule has 1 aromatic rings. The first-order valence-corrected chi connectivity index (χ1v) is 13.2. The van der Waals surface area contributed by atoms with Crippen LogP contribution in [0, 0.1) is 19.8 Å². The number of rotatable bonds is 12. The van der Waals surface area contributed by atoms with Crippen molar-refractivity contribution < 1.29 is 33.4 Å². The highest BCUT2D eigenvalue weighted by Crippen LogP contribution is 2.41. The third kappa shape index (κ3) is 9.56. The van der Waals surface area contributed by atoms with Gasteiger partial charge < -0.3 is 30.7 Å². The number of amides is 4. The highest BCUT2D eigenvalue weighted by molar-refractivity contribution is 5.95. The fourth-order valence-electron chi connectivity index (χ4n) is 4.29. The van der Waals surface area contributed by atoms with Gasteiger partial charge in [0.25, 0.3) is 0 Å². The standard InChI is InChI=1S/C28H42N4O7/c1-8-38-23(34)11-12-30-25(35)24(19-13-16(2)9-10-17(19)3)32(21-14-18(21)4)26(36)20(15-22(29)33)31-27(37)39-28(5,6)7/h9-10,13,18,20-21,24H,8,11-12,14-15H2,1-7H3,(H2,29,33)(H,30,35)(H,31,37). The Morgan fingerprint density at radius 3 is 2.33 bits per heavy atom. The number of hydrogen-bond donors (Lipinski definition) is 3. The van der Waals surface area contributed by atoms with E-state index in [9.17, 15) is 24.0 Å². The Morgan fingerprint density at radius 1 is 1.15 bits per heavy atom. The second-order valence-electron chi connectivity index (χ2n) is 11.0. The number of alkyl carbamates (subject to hydrolysis) is 1. The molecular weight excluding hydrogens is 504 g/mol. The average Bonchev–Trinajstić information content (AvgIpc) is 3.52. The first-order chi connectivity index (χ1) is 18.1. The van der Waals surface area contributed by atoms with Gasteiger partial charge in [-0.1, -0.05) is 30.7 Å². The molecule has 0 aliphatic heterocycles. The van der Waals surface area contributed by atoms with E-state index in [1.807, 2.05) is 39.0 Å². The van der Waals surface area contributed by atoms with Crippen LogP contribution in [0.25, 0.3) is 0 Å². The van der Waals surface area contributed by atoms with Crippen molar-refractivity contribution in [2.24, 2.45) is 11.7 Å². The van der Waals surface area contributed by atoms with Gasteiger partial charge in [-0.05, 0) is 65.0 Å². The van der Waals surface area contributed by atoms with Gasteiger partial charge in [-0.25, -0.2) is 4.79 Å². The van der Waals surface area contributed by atoms with E-state index in [-0.39, 0.29) is 31.5 Å². The lowest BCUT2D eigenvalue weighted by atomic mass is 9.95. The van der Waals surface area contributed by atoms with Crippen molar-refractivity contribution in [3.63, 3.8) is 0 Å². The molecule has 1 saturated carbocycles. The maximum atomic E-state index is 14.1. The number of aryl methyl sites for hydroxylation is 2. The summed E-state index contributed by atoms with van der Waals surface area (Å²) in [7, 11) is 0. The van der Waals surface area contributed by atoms with E-state index in [4.69, 9.17) is 15.2 Å². The number of benzene rings is 1. The maximum absolute atomic E-state index is 14.1. The first kappa shape index (κ1) is 31.6. The van der Waals surface area contributed by atoms with E-state index in [0.717, 1.165) is 11.1 Å². The molecule has 1 fully saturated rings. The van der Waals surface area contributed by atoms with Gasteiger partial charge in [-0.15, -0.1) is 0 Å². The average molecular weight is 547 g/mol. The summed E-state index contributed by atoms with van der Waals surface area (Å²) in [5, 5.41) is 5.24. The van der Waals surface area contributed by atoms with Gasteiger partial charge in [0.05, 0.1) is 19.4 Å². The van der Waals surface area contributed by atoms with Crippen molar-refractivity contribution in [3.8, 4) is 0 Å². The number of nitrogens with one attached hydrogen (secondary N) is 2. The van der Waals surface area contributed by atoms with Crippen LogP contribution >= 0.6 is 0 Å². The molecule has 11 heteroatoms. The van der Waals surface area contributed by atoms with E-state index in [1.165, 1.54) is 4.90 Å². The van der Waals surface area contributed by atoms with Crippen LogP contribution in [0.2, 0.25) is 0 Å². The molecule has 216 valence electrons. The second-order valence-corrected chi connectivity index (χ2v) is 11.0. The first-order valence-electron chi connectivity index (χ1n) is 13.2. The Bertz CT molecular complexity index is 1080. The third-order valence-corrected chi connectivity index (χ3v) is 6.26. The van der Waals surface area contributed by atoms with Crippen LogP contribution in [-0.4, -0.2) is 65.5 Å². The zero-order chi connectivity index (χ0) is 29.5. The zero-order valence-electron chi connectivity index (χ0n) is 24.0. The molecule has 1 aliphatic carbocycles. The van der Waals surface area contributed by atoms with Crippen molar-refractivity contribution in [1.29, 1.82) is 0 Å². The molecule has 4 N–H and O–H groups in total. The zero-order valence-corrected chi connectivity index (χ0v) is 24.0. The fourth-order valence-corrected chi connectivity index (χ4v) is 4.29. The topological polar surface area (TPSA) is 157 Å². The Labute approximate surface area is 230 Å². The van der Waals surface area contributed by atoms with Gasteiger partial charge in [-0.3, -0.25) is 19.2 Å². The number of carbonyl (C=O) groups excluding carboxylic acids is 5. The summed E-state index contributed by atoms with van der Waals surface area (Å²) in [4.78, 5) is 65.6. The molecule has 1 aromatic carbocycles. The molecule has 0 aromatic heterocycles. The number of carbonyl (C=O) groups is 5. The monoisotopic (exact) mass is 546 g/mol. The molecule has 0 spiro atoms. The minimum Gasteiger partial charge on any atom is -0.466 e. The van der Waals surface area contributed by atoms with E-state index in [2.05, 4.69) is 10.6 Å². The molecule has 0 saturated heterocycles. The quantitative estimate of drug-likeness (QED) is 0.340. The molecule has 11 nitrogen and oxygen atoms in total. The lowest BCUT2D eigenvalue weighted by molar-refractivity contribution is -0.145. The van der Waals surface area contributed by atoms with Crippen LogP contribution in [0.4, 0.5) is 4.79 Å². The molecule has 1 aliphatic rings. The fraction of sp³-hybridized carbons (Fsp3) is 0.607. The maximum Gasteiger partial charge on any atom is 0.408 e. The number of ether oxygens (including phenoxy) is 2. The summed E-state index contributed by atoms with van der Waals surface area (Å²) in [6.07, 6.45) is -0.747. The summed E-state index contributed by atoms with van der Waals surface area (Å²) in [5.74, 6) is -2.27. The van der Waals surface area contributed by atoms with Crippen molar-refractivity contribution in [2.45, 2.75) is 91.5 Å². The Morgan fingerprint density at radius 2 is 1.79 bits per heavy atom. The van der Waals surface area contributed by atoms with Crippen molar-refractivity contribution in [2.75, 3.05) is 13.2 Å². The smallest absolute Gasteiger partial charge is 0.408 e. The highest BCUT2D eigenvalue weighted by Gasteiger charge is 2.48. The van der Waals surface area contributed by atoms with E-state index >= 15 is 0 Å². The van der Waals surface area contributed by atoms with E-state index in [1.54, 1.807) is 27.7 Å². The second kappa shape index (κ2) is 13.4. The molecule has 0 radical (unpaired) electrons. The van der Waals surface area contributed by atoms with Crippen LogP contribution in [0.1, 0.15) is 76.6 Å². The van der Waals surface area contributed by atoms with Gasteiger partial charge in [-0.2, -0.15) is 0 Å². The predicted molar refractivity (Wildman–Crippen MR) is 144 cm³/mol. The molecule has 39 heavy (non-hydrogen) atoms. The Hall–Kier alpha value is -3.63. The van der Waals surface area contributed by atoms with Gasteiger partial charge >= 0.3 is 12.1 Å². The number of esters is 1. The third-order valence-electron chi connectivity index (χ3n) is 6.26. The van der Waals surface area contributed by atoms with Crippen molar-refractivity contribution in [1.82, 2.24) is 15.5 Å². The molecule has 4 atom stereocenters. The number of nitrogens with zero attached hydrogens (tertiary/aromatic N) is 1. The summed E-state index contributed by atoms with van der Waals surface area (Å²) in [6, 6.07) is 2.87. The molecule has 4 amide bonds. The van der Waals surface area contributed by atoms with Gasteiger partial charge in [0.15, 0.2) is 0 Å². The normalized spacial score (nSPS) is 17.8. The summed E-state index contributed by atoms with van der Waals surface area (Å²) in [5.41, 5.74) is 6.87. The minimum absolute atomic E-state index is 0.0160. The number of primary amides is 1. The molecule has 4 unspecified atom stereocenters. The minimum atomic E-state index is -1.34. The van der Waals surface area contributed by atoms with Crippen molar-refractivity contribution in [3.05, 3.63) is 34.9 Å². The SMILES string of the molecule is CCOC(=O)CCNC(=O)C(c1cc(C)ccc1C)N(C(=O)C(CC(N)=O)NC(=O)OC(C)(C)C)C1CC1C.